The zero-order valence-electron chi connectivity index (χ0n) is 17.8. The van der Waals surface area contributed by atoms with Gasteiger partial charge in [0.05, 0.1) is 5.69 Å². The first-order valence-electron chi connectivity index (χ1n) is 11.0. The normalized spacial score (nSPS) is 23.4. The molecule has 0 N–H and O–H groups in total. The first-order valence-corrected chi connectivity index (χ1v) is 12.1. The van der Waals surface area contributed by atoms with Crippen molar-refractivity contribution in [3.63, 3.8) is 0 Å². The Bertz CT molecular complexity index is 895. The van der Waals surface area contributed by atoms with Gasteiger partial charge < -0.3 is 0 Å². The monoisotopic (exact) mass is 502 g/mol. The number of alkyl halides is 3. The van der Waals surface area contributed by atoms with Gasteiger partial charge in [0, 0.05) is 19.1 Å². The molecule has 2 aliphatic carbocycles. The van der Waals surface area contributed by atoms with E-state index in [0.29, 0.717) is 0 Å². The molecule has 0 spiro atoms. The van der Waals surface area contributed by atoms with Gasteiger partial charge in [-0.15, -0.1) is 0 Å². The summed E-state index contributed by atoms with van der Waals surface area (Å²) in [6, 6.07) is 5.39. The second kappa shape index (κ2) is 9.45. The first-order chi connectivity index (χ1) is 15.2. The number of halogens is 4. The van der Waals surface area contributed by atoms with E-state index in [4.69, 9.17) is 34.8 Å². The van der Waals surface area contributed by atoms with E-state index in [1.54, 1.807) is 6.07 Å². The number of amidine groups is 1. The molecule has 3 fully saturated rings. The maximum atomic E-state index is 14.6. The minimum absolute atomic E-state index is 0.0645. The van der Waals surface area contributed by atoms with E-state index in [-0.39, 0.29) is 23.6 Å². The molecule has 1 aromatic carbocycles. The van der Waals surface area contributed by atoms with Gasteiger partial charge >= 0.3 is 6.03 Å². The van der Waals surface area contributed by atoms with E-state index in [2.05, 4.69) is 9.89 Å². The number of carbonyl (C=O) groups excluding carboxylic acids is 2. The van der Waals surface area contributed by atoms with Gasteiger partial charge in [-0.05, 0) is 37.8 Å². The number of imide groups is 1. The largest absolute Gasteiger partial charge is 0.337 e. The molecule has 0 bridgehead atoms. The summed E-state index contributed by atoms with van der Waals surface area (Å²) in [6.45, 7) is 0. The number of amides is 3. The van der Waals surface area contributed by atoms with Crippen molar-refractivity contribution in [3.05, 3.63) is 30.1 Å². The van der Waals surface area contributed by atoms with Crippen molar-refractivity contribution in [2.24, 2.45) is 4.99 Å². The molecule has 1 aliphatic heterocycles. The number of benzene rings is 1. The van der Waals surface area contributed by atoms with Gasteiger partial charge in [0.2, 0.25) is 9.63 Å². The molecular weight excluding hydrogens is 478 g/mol. The topological polar surface area (TPSA) is 56.2 Å². The Labute approximate surface area is 202 Å². The lowest BCUT2D eigenvalue weighted by atomic mass is 10.1. The maximum Gasteiger partial charge on any atom is 0.337 e. The Morgan fingerprint density at radius 1 is 1.03 bits per heavy atom. The fourth-order valence-corrected chi connectivity index (χ4v) is 5.55. The van der Waals surface area contributed by atoms with E-state index in [1.165, 1.54) is 25.2 Å². The van der Waals surface area contributed by atoms with E-state index in [0.717, 1.165) is 61.2 Å². The number of aliphatic imine (C=N–C) groups is 1. The number of anilines is 1. The smallest absolute Gasteiger partial charge is 0.272 e. The van der Waals surface area contributed by atoms with Gasteiger partial charge in [0.15, 0.2) is 6.17 Å². The van der Waals surface area contributed by atoms with Crippen LogP contribution in [0.5, 0.6) is 0 Å². The van der Waals surface area contributed by atoms with Crippen LogP contribution in [0.25, 0.3) is 0 Å². The summed E-state index contributed by atoms with van der Waals surface area (Å²) in [4.78, 5) is 34.5. The van der Waals surface area contributed by atoms with Gasteiger partial charge in [-0.25, -0.2) is 19.1 Å². The quantitative estimate of drug-likeness (QED) is 0.393. The fourth-order valence-electron chi connectivity index (χ4n) is 5.06. The van der Waals surface area contributed by atoms with Gasteiger partial charge in [0.1, 0.15) is 5.82 Å². The summed E-state index contributed by atoms with van der Waals surface area (Å²) in [7, 11) is 1.33. The van der Waals surface area contributed by atoms with Crippen LogP contribution in [0.3, 0.4) is 0 Å². The zero-order valence-corrected chi connectivity index (χ0v) is 20.1. The highest BCUT2D eigenvalue weighted by Crippen LogP contribution is 2.42. The molecule has 2 saturated carbocycles. The molecule has 3 aliphatic rings. The molecule has 32 heavy (non-hydrogen) atoms. The molecule has 6 nitrogen and oxygen atoms in total. The van der Waals surface area contributed by atoms with Crippen LogP contribution in [0.1, 0.15) is 51.4 Å². The summed E-state index contributed by atoms with van der Waals surface area (Å²) in [6.07, 6.45) is 7.19. The van der Waals surface area contributed by atoms with Gasteiger partial charge in [-0.3, -0.25) is 14.6 Å². The number of nitrogens with zero attached hydrogens (tertiary/aromatic N) is 4. The Kier molecular flexibility index (Phi) is 7.01. The summed E-state index contributed by atoms with van der Waals surface area (Å²) < 4.78 is 12.8. The maximum absolute atomic E-state index is 14.6. The lowest BCUT2D eigenvalue weighted by Crippen LogP contribution is -2.53. The predicted octanol–water partition coefficient (Wildman–Crippen LogP) is 5.51. The van der Waals surface area contributed by atoms with Crippen LogP contribution >= 0.6 is 34.8 Å². The summed E-state index contributed by atoms with van der Waals surface area (Å²) in [5.41, 5.74) is -0.0645. The lowest BCUT2D eigenvalue weighted by molar-refractivity contribution is -0.119. The van der Waals surface area contributed by atoms with Crippen molar-refractivity contribution >= 4 is 58.3 Å². The minimum Gasteiger partial charge on any atom is -0.272 e. The van der Waals surface area contributed by atoms with Gasteiger partial charge in [-0.1, -0.05) is 72.6 Å². The molecule has 4 rings (SSSR count). The highest BCUT2D eigenvalue weighted by atomic mass is 35.6. The van der Waals surface area contributed by atoms with Crippen molar-refractivity contribution < 1.29 is 14.0 Å². The number of urea groups is 1. The molecule has 3 amide bonds. The molecule has 1 aromatic rings. The highest BCUT2D eigenvalue weighted by molar-refractivity contribution is 6.68. The minimum atomic E-state index is -1.84. The molecule has 1 atom stereocenters. The Morgan fingerprint density at radius 2 is 1.56 bits per heavy atom. The SMILES string of the molecule is CN1C(=O)/C(=N\C(N(C2CCCC2)C2CCCC2)C(Cl)(Cl)Cl)N(c2ccccc2F)C1=O. The van der Waals surface area contributed by atoms with Gasteiger partial charge in [0.25, 0.3) is 5.91 Å². The van der Waals surface area contributed by atoms with E-state index < -0.39 is 27.7 Å². The molecule has 0 aromatic heterocycles. The average molecular weight is 504 g/mol. The van der Waals surface area contributed by atoms with Gasteiger partial charge in [-0.2, -0.15) is 0 Å². The molecule has 1 unspecified atom stereocenters. The van der Waals surface area contributed by atoms with Crippen LogP contribution in [0.15, 0.2) is 29.3 Å². The summed E-state index contributed by atoms with van der Waals surface area (Å²) in [5.74, 6) is -1.54. The van der Waals surface area contributed by atoms with Crippen LogP contribution in [-0.4, -0.2) is 56.7 Å². The molecule has 1 saturated heterocycles. The number of likely N-dealkylation sites (N-methyl/N-ethyl adjacent to an activating group) is 1. The van der Waals surface area contributed by atoms with E-state index in [1.807, 2.05) is 0 Å². The first kappa shape index (κ1) is 23.7. The number of hydrogen-bond donors (Lipinski definition) is 0. The Hall–Kier alpha value is -1.41. The Morgan fingerprint density at radius 3 is 2.06 bits per heavy atom. The second-order valence-corrected chi connectivity index (χ2v) is 11.0. The predicted molar refractivity (Wildman–Crippen MR) is 125 cm³/mol. The molecule has 10 heteroatoms. The van der Waals surface area contributed by atoms with E-state index >= 15 is 0 Å². The Balaban J connectivity index is 1.81. The summed E-state index contributed by atoms with van der Waals surface area (Å²) in [5, 5.41) is 0. The lowest BCUT2D eigenvalue weighted by Gasteiger charge is -2.41. The van der Waals surface area contributed by atoms with Crippen molar-refractivity contribution in [3.8, 4) is 0 Å². The third-order valence-corrected chi connectivity index (χ3v) is 7.18. The fraction of sp³-hybridized carbons (Fsp3) is 0.591. The standard InChI is InChI=1S/C22H26Cl3FN4O2/c1-28-19(31)18(30(21(28)32)17-13-7-6-12-16(17)26)27-20(22(23,24)25)29(14-8-2-3-9-14)15-10-4-5-11-15/h6-7,12-15,20H,2-5,8-11H2,1H3/b27-18+. The number of hydrogen-bond acceptors (Lipinski definition) is 4. The van der Waals surface area contributed by atoms with Crippen molar-refractivity contribution in [2.45, 2.75) is 73.4 Å². The highest BCUT2D eigenvalue weighted by Gasteiger charge is 2.48. The van der Waals surface area contributed by atoms with Crippen LogP contribution in [0.4, 0.5) is 14.9 Å². The zero-order chi connectivity index (χ0) is 23.0. The molecule has 174 valence electrons. The third-order valence-electron chi connectivity index (χ3n) is 6.59. The molecule has 0 radical (unpaired) electrons. The van der Waals surface area contributed by atoms with Crippen molar-refractivity contribution in [1.29, 1.82) is 0 Å². The van der Waals surface area contributed by atoms with Crippen molar-refractivity contribution in [2.75, 3.05) is 11.9 Å². The van der Waals surface area contributed by atoms with Crippen LogP contribution in [0, 0.1) is 5.82 Å². The number of para-hydroxylation sites is 1. The second-order valence-electron chi connectivity index (χ2n) is 8.63. The van der Waals surface area contributed by atoms with Crippen molar-refractivity contribution in [1.82, 2.24) is 9.80 Å². The summed E-state index contributed by atoms with van der Waals surface area (Å²) >= 11 is 19.4. The van der Waals surface area contributed by atoms with Crippen LogP contribution in [0.2, 0.25) is 0 Å². The number of carbonyl (C=O) groups is 2. The van der Waals surface area contributed by atoms with Crippen LogP contribution in [-0.2, 0) is 4.79 Å². The van der Waals surface area contributed by atoms with Crippen LogP contribution < -0.4 is 4.90 Å². The third kappa shape index (κ3) is 4.49. The molecular formula is C22H26Cl3FN4O2. The number of rotatable bonds is 5. The molecule has 1 heterocycles. The van der Waals surface area contributed by atoms with E-state index in [9.17, 15) is 14.0 Å². The average Bonchev–Trinajstić information content (AvgIpc) is 3.49.